The van der Waals surface area contributed by atoms with Gasteiger partial charge in [-0.1, -0.05) is 11.3 Å². The Bertz CT molecular complexity index is 879. The maximum absolute atomic E-state index is 4.86. The van der Waals surface area contributed by atoms with Crippen molar-refractivity contribution in [3.63, 3.8) is 0 Å². The number of aryl methyl sites for hydroxylation is 3. The summed E-state index contributed by atoms with van der Waals surface area (Å²) >= 11 is 1.83. The summed E-state index contributed by atoms with van der Waals surface area (Å²) in [5.74, 6) is 0. The minimum Gasteiger partial charge on any atom is -0.268 e. The molecule has 1 unspecified atom stereocenters. The van der Waals surface area contributed by atoms with E-state index in [1.165, 1.54) is 29.8 Å². The second-order valence-electron chi connectivity index (χ2n) is 6.53. The van der Waals surface area contributed by atoms with Gasteiger partial charge < -0.3 is 0 Å². The van der Waals surface area contributed by atoms with Crippen LogP contribution in [0.15, 0.2) is 25.0 Å². The van der Waals surface area contributed by atoms with Gasteiger partial charge in [-0.2, -0.15) is 5.10 Å². The van der Waals surface area contributed by atoms with E-state index in [9.17, 15) is 0 Å². The minimum atomic E-state index is 0.0976. The Labute approximate surface area is 151 Å². The number of hydrogen-bond donors (Lipinski definition) is 0. The molecule has 1 aliphatic rings. The zero-order valence-corrected chi connectivity index (χ0v) is 15.5. The molecule has 0 radical (unpaired) electrons. The molecule has 0 N–H and O–H groups in total. The van der Waals surface area contributed by atoms with Gasteiger partial charge in [-0.25, -0.2) is 9.67 Å². The molecule has 0 saturated carbocycles. The standard InChI is InChI=1S/C18H22N6S/c1-4-9-23-10-14(12(2)21-23)16-11-24(22-20-16)13(3)18-19-15-7-5-6-8-17(15)25-18/h4,10-11,13H,1,5-9H2,2-3H3. The van der Waals surface area contributed by atoms with Crippen LogP contribution in [-0.4, -0.2) is 29.8 Å². The lowest BCUT2D eigenvalue weighted by Gasteiger charge is -2.07. The number of allylic oxidation sites excluding steroid dienone is 1. The highest BCUT2D eigenvalue weighted by atomic mass is 32.1. The molecule has 130 valence electrons. The molecule has 3 heterocycles. The van der Waals surface area contributed by atoms with Crippen molar-refractivity contribution in [3.05, 3.63) is 46.3 Å². The zero-order chi connectivity index (χ0) is 17.4. The summed E-state index contributed by atoms with van der Waals surface area (Å²) in [5, 5.41) is 14.3. The van der Waals surface area contributed by atoms with Gasteiger partial charge in [0.15, 0.2) is 0 Å². The van der Waals surface area contributed by atoms with Crippen molar-refractivity contribution in [1.29, 1.82) is 0 Å². The molecule has 0 spiro atoms. The van der Waals surface area contributed by atoms with Crippen molar-refractivity contribution in [2.24, 2.45) is 0 Å². The number of fused-ring (bicyclic) bond motifs is 1. The predicted molar refractivity (Wildman–Crippen MR) is 98.7 cm³/mol. The fraction of sp³-hybridized carbons (Fsp3) is 0.444. The first-order valence-corrected chi connectivity index (χ1v) is 9.53. The van der Waals surface area contributed by atoms with Gasteiger partial charge in [-0.3, -0.25) is 4.68 Å². The molecular weight excluding hydrogens is 332 g/mol. The summed E-state index contributed by atoms with van der Waals surface area (Å²) in [7, 11) is 0. The average Bonchev–Trinajstić information content (AvgIpc) is 3.31. The monoisotopic (exact) mass is 354 g/mol. The third-order valence-electron chi connectivity index (χ3n) is 4.67. The molecule has 0 saturated heterocycles. The maximum Gasteiger partial charge on any atom is 0.118 e. The molecule has 0 amide bonds. The zero-order valence-electron chi connectivity index (χ0n) is 14.6. The molecule has 7 heteroatoms. The van der Waals surface area contributed by atoms with Crippen LogP contribution in [-0.2, 0) is 19.4 Å². The summed E-state index contributed by atoms with van der Waals surface area (Å²) in [6.45, 7) is 8.58. The molecule has 4 rings (SSSR count). The number of rotatable bonds is 5. The smallest absolute Gasteiger partial charge is 0.118 e. The first kappa shape index (κ1) is 16.2. The van der Waals surface area contributed by atoms with Crippen molar-refractivity contribution in [1.82, 2.24) is 29.8 Å². The molecule has 0 aliphatic heterocycles. The lowest BCUT2D eigenvalue weighted by Crippen LogP contribution is -2.07. The molecule has 1 atom stereocenters. The summed E-state index contributed by atoms with van der Waals surface area (Å²) in [5.41, 5.74) is 4.10. The van der Waals surface area contributed by atoms with Crippen LogP contribution in [0.5, 0.6) is 0 Å². The van der Waals surface area contributed by atoms with Gasteiger partial charge in [0, 0.05) is 16.6 Å². The van der Waals surface area contributed by atoms with E-state index in [4.69, 9.17) is 4.98 Å². The summed E-state index contributed by atoms with van der Waals surface area (Å²) in [6.07, 6.45) is 10.6. The average molecular weight is 354 g/mol. The van der Waals surface area contributed by atoms with Gasteiger partial charge in [0.05, 0.1) is 24.1 Å². The second kappa shape index (κ2) is 6.55. The van der Waals surface area contributed by atoms with Gasteiger partial charge in [-0.05, 0) is 39.5 Å². The Hall–Kier alpha value is -2.28. The molecule has 0 fully saturated rings. The molecule has 25 heavy (non-hydrogen) atoms. The Balaban J connectivity index is 1.60. The normalized spacial score (nSPS) is 15.1. The highest BCUT2D eigenvalue weighted by molar-refractivity contribution is 7.11. The van der Waals surface area contributed by atoms with Crippen LogP contribution in [0.2, 0.25) is 0 Å². The second-order valence-corrected chi connectivity index (χ2v) is 7.64. The molecular formula is C18H22N6S. The predicted octanol–water partition coefficient (Wildman–Crippen LogP) is 3.58. The van der Waals surface area contributed by atoms with Crippen LogP contribution >= 0.6 is 11.3 Å². The van der Waals surface area contributed by atoms with E-state index in [0.717, 1.165) is 28.4 Å². The number of nitrogens with zero attached hydrogens (tertiary/aromatic N) is 6. The van der Waals surface area contributed by atoms with Crippen LogP contribution in [0.25, 0.3) is 11.3 Å². The van der Waals surface area contributed by atoms with Crippen LogP contribution in [0.1, 0.15) is 47.1 Å². The Morgan fingerprint density at radius 1 is 1.32 bits per heavy atom. The largest absolute Gasteiger partial charge is 0.268 e. The van der Waals surface area contributed by atoms with Crippen molar-refractivity contribution >= 4 is 11.3 Å². The molecule has 1 aliphatic carbocycles. The molecule has 3 aromatic rings. The molecule has 0 bridgehead atoms. The lowest BCUT2D eigenvalue weighted by atomic mass is 10.0. The van der Waals surface area contributed by atoms with Gasteiger partial charge in [0.1, 0.15) is 16.7 Å². The number of thiazole rings is 1. The van der Waals surface area contributed by atoms with E-state index in [1.807, 2.05) is 46.1 Å². The summed E-state index contributed by atoms with van der Waals surface area (Å²) in [4.78, 5) is 6.31. The molecule has 6 nitrogen and oxygen atoms in total. The summed E-state index contributed by atoms with van der Waals surface area (Å²) in [6, 6.07) is 0.0976. The third kappa shape index (κ3) is 3.04. The first-order valence-electron chi connectivity index (χ1n) is 8.71. The minimum absolute atomic E-state index is 0.0976. The fourth-order valence-corrected chi connectivity index (χ4v) is 4.45. The van der Waals surface area contributed by atoms with E-state index in [1.54, 1.807) is 0 Å². The Morgan fingerprint density at radius 2 is 2.16 bits per heavy atom. The SMILES string of the molecule is C=CCn1cc(-c2cn(C(C)c3nc4c(s3)CCCC4)nn2)c(C)n1. The number of aromatic nitrogens is 6. The van der Waals surface area contributed by atoms with Crippen LogP contribution in [0.4, 0.5) is 0 Å². The third-order valence-corrected chi connectivity index (χ3v) is 5.99. The van der Waals surface area contributed by atoms with Crippen molar-refractivity contribution < 1.29 is 0 Å². The van der Waals surface area contributed by atoms with E-state index in [0.29, 0.717) is 6.54 Å². The van der Waals surface area contributed by atoms with Gasteiger partial charge in [0.2, 0.25) is 0 Å². The van der Waals surface area contributed by atoms with E-state index in [-0.39, 0.29) is 6.04 Å². The van der Waals surface area contributed by atoms with Crippen molar-refractivity contribution in [2.75, 3.05) is 0 Å². The van der Waals surface area contributed by atoms with E-state index in [2.05, 4.69) is 28.9 Å². The quantitative estimate of drug-likeness (QED) is 0.657. The van der Waals surface area contributed by atoms with Crippen molar-refractivity contribution in [2.45, 2.75) is 52.1 Å². The number of hydrogen-bond acceptors (Lipinski definition) is 5. The topological polar surface area (TPSA) is 61.4 Å². The van der Waals surface area contributed by atoms with Crippen molar-refractivity contribution in [3.8, 4) is 11.3 Å². The van der Waals surface area contributed by atoms with E-state index >= 15 is 0 Å². The van der Waals surface area contributed by atoms with Crippen LogP contribution in [0, 0.1) is 6.92 Å². The Morgan fingerprint density at radius 3 is 2.96 bits per heavy atom. The fourth-order valence-electron chi connectivity index (χ4n) is 3.25. The molecule has 3 aromatic heterocycles. The van der Waals surface area contributed by atoms with Crippen LogP contribution < -0.4 is 0 Å². The summed E-state index contributed by atoms with van der Waals surface area (Å²) < 4.78 is 3.78. The first-order chi connectivity index (χ1) is 12.2. The lowest BCUT2D eigenvalue weighted by molar-refractivity contribution is 0.539. The van der Waals surface area contributed by atoms with Crippen LogP contribution in [0.3, 0.4) is 0 Å². The highest BCUT2D eigenvalue weighted by Gasteiger charge is 2.21. The Kier molecular flexibility index (Phi) is 4.25. The van der Waals surface area contributed by atoms with Gasteiger partial charge >= 0.3 is 0 Å². The van der Waals surface area contributed by atoms with Gasteiger partial charge in [0.25, 0.3) is 0 Å². The van der Waals surface area contributed by atoms with Gasteiger partial charge in [-0.15, -0.1) is 23.0 Å². The molecule has 0 aromatic carbocycles. The highest BCUT2D eigenvalue weighted by Crippen LogP contribution is 2.31. The van der Waals surface area contributed by atoms with E-state index < -0.39 is 0 Å². The maximum atomic E-state index is 4.86.